The summed E-state index contributed by atoms with van der Waals surface area (Å²) in [7, 11) is -3.48. The van der Waals surface area contributed by atoms with Crippen molar-refractivity contribution in [3.63, 3.8) is 0 Å². The Kier molecular flexibility index (Phi) is 3.83. The van der Waals surface area contributed by atoms with E-state index in [2.05, 4.69) is 18.8 Å². The van der Waals surface area contributed by atoms with Crippen LogP contribution in [0, 0.1) is 5.41 Å². The topological polar surface area (TPSA) is 64.4 Å². The highest BCUT2D eigenvalue weighted by molar-refractivity contribution is 7.89. The number of nitrogens with zero attached hydrogens (tertiary/aromatic N) is 3. The van der Waals surface area contributed by atoms with Crippen molar-refractivity contribution >= 4 is 10.0 Å². The van der Waals surface area contributed by atoms with Crippen molar-refractivity contribution in [3.05, 3.63) is 12.5 Å². The molecule has 3 heterocycles. The molecule has 2 saturated heterocycles. The SMILES string of the molecule is CCC(C)n1cnc(S(=O)(=O)N2CCC3(CCOC3)C2)c1. The summed E-state index contributed by atoms with van der Waals surface area (Å²) in [4.78, 5) is 4.12. The minimum Gasteiger partial charge on any atom is -0.381 e. The lowest BCUT2D eigenvalue weighted by molar-refractivity contribution is 0.157. The summed E-state index contributed by atoms with van der Waals surface area (Å²) in [5.41, 5.74) is 0.0341. The van der Waals surface area contributed by atoms with Gasteiger partial charge in [-0.1, -0.05) is 6.92 Å². The number of hydrogen-bond acceptors (Lipinski definition) is 4. The van der Waals surface area contributed by atoms with Gasteiger partial charge in [-0.25, -0.2) is 13.4 Å². The molecule has 0 radical (unpaired) electrons. The van der Waals surface area contributed by atoms with Crippen LogP contribution in [0.25, 0.3) is 0 Å². The summed E-state index contributed by atoms with van der Waals surface area (Å²) >= 11 is 0. The minimum absolute atomic E-state index is 0.0341. The lowest BCUT2D eigenvalue weighted by Gasteiger charge is -2.21. The van der Waals surface area contributed by atoms with Crippen molar-refractivity contribution in [2.45, 2.75) is 44.2 Å². The Morgan fingerprint density at radius 2 is 2.29 bits per heavy atom. The fourth-order valence-electron chi connectivity index (χ4n) is 3.11. The van der Waals surface area contributed by atoms with Gasteiger partial charge in [0.25, 0.3) is 10.0 Å². The van der Waals surface area contributed by atoms with Crippen LogP contribution >= 0.6 is 0 Å². The average Bonchev–Trinajstić information content (AvgIpc) is 3.19. The molecule has 0 aliphatic carbocycles. The van der Waals surface area contributed by atoms with Crippen molar-refractivity contribution in [1.82, 2.24) is 13.9 Å². The van der Waals surface area contributed by atoms with E-state index in [0.29, 0.717) is 19.7 Å². The van der Waals surface area contributed by atoms with Crippen molar-refractivity contribution < 1.29 is 13.2 Å². The van der Waals surface area contributed by atoms with Crippen LogP contribution in [0.2, 0.25) is 0 Å². The van der Waals surface area contributed by atoms with Crippen molar-refractivity contribution in [3.8, 4) is 0 Å². The lowest BCUT2D eigenvalue weighted by Crippen LogP contribution is -2.32. The zero-order valence-electron chi connectivity index (χ0n) is 12.7. The molecule has 2 unspecified atom stereocenters. The molecule has 2 fully saturated rings. The maximum atomic E-state index is 12.7. The largest absolute Gasteiger partial charge is 0.381 e. The first-order valence-electron chi connectivity index (χ1n) is 7.58. The Bertz CT molecular complexity index is 605. The van der Waals surface area contributed by atoms with Gasteiger partial charge in [-0.2, -0.15) is 4.31 Å². The van der Waals surface area contributed by atoms with E-state index in [9.17, 15) is 8.42 Å². The smallest absolute Gasteiger partial charge is 0.262 e. The van der Waals surface area contributed by atoms with Crippen molar-refractivity contribution in [1.29, 1.82) is 0 Å². The third-order valence-corrected chi connectivity index (χ3v) is 6.60. The first kappa shape index (κ1) is 15.0. The van der Waals surface area contributed by atoms with Crippen molar-refractivity contribution in [2.24, 2.45) is 5.41 Å². The summed E-state index contributed by atoms with van der Waals surface area (Å²) in [5.74, 6) is 0. The van der Waals surface area contributed by atoms with Crippen LogP contribution in [0.3, 0.4) is 0 Å². The Morgan fingerprint density at radius 3 is 2.95 bits per heavy atom. The van der Waals surface area contributed by atoms with Gasteiger partial charge in [0, 0.05) is 37.4 Å². The lowest BCUT2D eigenvalue weighted by atomic mass is 9.87. The maximum absolute atomic E-state index is 12.7. The van der Waals surface area contributed by atoms with Crippen LogP contribution in [0.1, 0.15) is 39.2 Å². The first-order valence-corrected chi connectivity index (χ1v) is 9.02. The van der Waals surface area contributed by atoms with Gasteiger partial charge in [0.05, 0.1) is 12.9 Å². The molecule has 2 atom stereocenters. The Balaban J connectivity index is 1.79. The maximum Gasteiger partial charge on any atom is 0.262 e. The molecular formula is C14H23N3O3S. The third-order valence-electron chi connectivity index (χ3n) is 4.87. The van der Waals surface area contributed by atoms with Crippen LogP contribution in [0.4, 0.5) is 0 Å². The van der Waals surface area contributed by atoms with Gasteiger partial charge in [0.2, 0.25) is 0 Å². The van der Waals surface area contributed by atoms with Crippen LogP contribution in [0.5, 0.6) is 0 Å². The standard InChI is InChI=1S/C14H23N3O3S/c1-3-12(2)16-8-13(15-11-16)21(18,19)17-6-4-14(9-17)5-7-20-10-14/h8,11-12H,3-7,9-10H2,1-2H3. The van der Waals surface area contributed by atoms with E-state index in [1.165, 1.54) is 0 Å². The van der Waals surface area contributed by atoms with E-state index in [4.69, 9.17) is 4.74 Å². The monoisotopic (exact) mass is 313 g/mol. The number of imidazole rings is 1. The fourth-order valence-corrected chi connectivity index (χ4v) is 4.58. The highest BCUT2D eigenvalue weighted by Gasteiger charge is 2.45. The highest BCUT2D eigenvalue weighted by atomic mass is 32.2. The average molecular weight is 313 g/mol. The van der Waals surface area contributed by atoms with Crippen molar-refractivity contribution in [2.75, 3.05) is 26.3 Å². The summed E-state index contributed by atoms with van der Waals surface area (Å²) in [6.45, 7) is 6.69. The molecule has 2 aliphatic rings. The van der Waals surface area contributed by atoms with Gasteiger partial charge in [0.1, 0.15) is 0 Å². The highest BCUT2D eigenvalue weighted by Crippen LogP contribution is 2.40. The predicted molar refractivity (Wildman–Crippen MR) is 78.5 cm³/mol. The molecule has 0 saturated carbocycles. The molecule has 1 spiro atoms. The fraction of sp³-hybridized carbons (Fsp3) is 0.786. The first-order chi connectivity index (χ1) is 9.97. The molecule has 0 N–H and O–H groups in total. The quantitative estimate of drug-likeness (QED) is 0.848. The summed E-state index contributed by atoms with van der Waals surface area (Å²) in [6, 6.07) is 0.259. The number of sulfonamides is 1. The Labute approximate surface area is 126 Å². The predicted octanol–water partition coefficient (Wildman–Crippen LogP) is 1.66. The van der Waals surface area contributed by atoms with E-state index in [1.54, 1.807) is 16.8 Å². The number of aromatic nitrogens is 2. The van der Waals surface area contributed by atoms with E-state index >= 15 is 0 Å². The second-order valence-corrected chi connectivity index (χ2v) is 8.19. The molecule has 2 aliphatic heterocycles. The number of ether oxygens (including phenoxy) is 1. The van der Waals surface area contributed by atoms with E-state index in [1.807, 2.05) is 4.57 Å². The van der Waals surface area contributed by atoms with E-state index < -0.39 is 10.0 Å². The van der Waals surface area contributed by atoms with Gasteiger partial charge in [-0.3, -0.25) is 0 Å². The molecule has 0 bridgehead atoms. The van der Waals surface area contributed by atoms with Crippen LogP contribution in [-0.2, 0) is 14.8 Å². The van der Waals surface area contributed by atoms with Crippen LogP contribution < -0.4 is 0 Å². The van der Waals surface area contributed by atoms with Gasteiger partial charge in [0.15, 0.2) is 5.03 Å². The molecule has 118 valence electrons. The van der Waals surface area contributed by atoms with Crippen LogP contribution in [0.15, 0.2) is 17.6 Å². The molecule has 7 heteroatoms. The molecule has 0 aromatic carbocycles. The molecular weight excluding hydrogens is 290 g/mol. The molecule has 3 rings (SSSR count). The van der Waals surface area contributed by atoms with E-state index in [-0.39, 0.29) is 16.5 Å². The zero-order valence-corrected chi connectivity index (χ0v) is 13.5. The van der Waals surface area contributed by atoms with Gasteiger partial charge < -0.3 is 9.30 Å². The van der Waals surface area contributed by atoms with Gasteiger partial charge in [-0.15, -0.1) is 0 Å². The molecule has 1 aromatic heterocycles. The second-order valence-electron chi connectivity index (χ2n) is 6.31. The molecule has 1 aromatic rings. The minimum atomic E-state index is -3.48. The Morgan fingerprint density at radius 1 is 1.48 bits per heavy atom. The molecule has 6 nitrogen and oxygen atoms in total. The van der Waals surface area contributed by atoms with Gasteiger partial charge in [-0.05, 0) is 26.2 Å². The second kappa shape index (κ2) is 5.37. The Hall–Kier alpha value is -0.920. The molecule has 21 heavy (non-hydrogen) atoms. The van der Waals surface area contributed by atoms with E-state index in [0.717, 1.165) is 25.9 Å². The summed E-state index contributed by atoms with van der Waals surface area (Å²) in [6.07, 6.45) is 6.06. The molecule has 0 amide bonds. The summed E-state index contributed by atoms with van der Waals surface area (Å²) in [5, 5.41) is 0.166. The normalized spacial score (nSPS) is 28.5. The summed E-state index contributed by atoms with van der Waals surface area (Å²) < 4.78 is 34.3. The van der Waals surface area contributed by atoms with Gasteiger partial charge >= 0.3 is 0 Å². The number of rotatable bonds is 4. The van der Waals surface area contributed by atoms with Crippen LogP contribution in [-0.4, -0.2) is 48.6 Å². The zero-order chi connectivity index (χ0) is 15.1. The third kappa shape index (κ3) is 2.62. The number of hydrogen-bond donors (Lipinski definition) is 0.